The van der Waals surface area contributed by atoms with Crippen molar-refractivity contribution in [3.05, 3.63) is 28.2 Å². The average Bonchev–Trinajstić information content (AvgIpc) is 2.80. The highest BCUT2D eigenvalue weighted by molar-refractivity contribution is 9.10. The number of likely N-dealkylation sites (tertiary alicyclic amines) is 1. The second-order valence-corrected chi connectivity index (χ2v) is 8.31. The lowest BCUT2D eigenvalue weighted by Gasteiger charge is -2.30. The van der Waals surface area contributed by atoms with Crippen molar-refractivity contribution < 1.29 is 19.2 Å². The summed E-state index contributed by atoms with van der Waals surface area (Å²) in [5.74, 6) is 0.871. The van der Waals surface area contributed by atoms with Gasteiger partial charge >= 0.3 is 0 Å². The zero-order valence-electron chi connectivity index (χ0n) is 14.9. The van der Waals surface area contributed by atoms with Gasteiger partial charge in [0.15, 0.2) is 6.67 Å². The van der Waals surface area contributed by atoms with Crippen LogP contribution in [0.2, 0.25) is 0 Å². The van der Waals surface area contributed by atoms with Crippen LogP contribution >= 0.6 is 15.9 Å². The van der Waals surface area contributed by atoms with Crippen LogP contribution in [0.15, 0.2) is 22.7 Å². The summed E-state index contributed by atoms with van der Waals surface area (Å²) in [6.45, 7) is 1.10. The number of halogens is 1. The lowest BCUT2D eigenvalue weighted by atomic mass is 9.73. The molecule has 1 aromatic rings. The lowest BCUT2D eigenvalue weighted by molar-refractivity contribution is -0.901. The molecule has 1 saturated heterocycles. The number of rotatable bonds is 5. The van der Waals surface area contributed by atoms with Gasteiger partial charge in [0.2, 0.25) is 11.8 Å². The maximum atomic E-state index is 12.9. The van der Waals surface area contributed by atoms with E-state index < -0.39 is 5.41 Å². The molecule has 2 fully saturated rings. The number of imide groups is 1. The van der Waals surface area contributed by atoms with Crippen LogP contribution in [-0.4, -0.2) is 37.5 Å². The molecule has 1 unspecified atom stereocenters. The number of hydrogen-bond acceptors (Lipinski definition) is 3. The Bertz CT molecular complexity index is 671. The van der Waals surface area contributed by atoms with Gasteiger partial charge in [0.25, 0.3) is 0 Å². The molecule has 2 amide bonds. The maximum Gasteiger partial charge on any atom is 0.240 e. The summed E-state index contributed by atoms with van der Waals surface area (Å²) in [4.78, 5) is 28.0. The SMILES string of the molecule is COc1ccc(Br)cc1C[NH+](C)CN1C(=O)CC2(CCCCC2)C1=O. The zero-order valence-corrected chi connectivity index (χ0v) is 16.5. The van der Waals surface area contributed by atoms with Gasteiger partial charge in [-0.15, -0.1) is 0 Å². The van der Waals surface area contributed by atoms with E-state index in [1.807, 2.05) is 25.2 Å². The van der Waals surface area contributed by atoms with Crippen molar-refractivity contribution in [3.8, 4) is 5.75 Å². The highest BCUT2D eigenvalue weighted by atomic mass is 79.9. The quantitative estimate of drug-likeness (QED) is 0.757. The highest BCUT2D eigenvalue weighted by Crippen LogP contribution is 2.44. The molecule has 0 aromatic heterocycles. The van der Waals surface area contributed by atoms with Crippen LogP contribution in [0.3, 0.4) is 0 Å². The van der Waals surface area contributed by atoms with Gasteiger partial charge in [-0.25, -0.2) is 4.90 Å². The third-order valence-corrected chi connectivity index (χ3v) is 5.96. The van der Waals surface area contributed by atoms with E-state index in [-0.39, 0.29) is 11.8 Å². The van der Waals surface area contributed by atoms with Crippen molar-refractivity contribution in [2.75, 3.05) is 20.8 Å². The molecule has 1 saturated carbocycles. The molecule has 25 heavy (non-hydrogen) atoms. The predicted molar refractivity (Wildman–Crippen MR) is 98.1 cm³/mol. The number of hydrogen-bond donors (Lipinski definition) is 1. The molecular weight excluding hydrogens is 384 g/mol. The van der Waals surface area contributed by atoms with Gasteiger partial charge in [-0.1, -0.05) is 35.2 Å². The molecule has 1 heterocycles. The number of methoxy groups -OCH3 is 1. The summed E-state index contributed by atoms with van der Waals surface area (Å²) in [7, 11) is 3.66. The van der Waals surface area contributed by atoms with E-state index in [4.69, 9.17) is 4.74 Å². The first kappa shape index (κ1) is 18.4. The number of quaternary nitrogens is 1. The van der Waals surface area contributed by atoms with Gasteiger partial charge in [-0.05, 0) is 31.0 Å². The Hall–Kier alpha value is -1.40. The minimum absolute atomic E-state index is 0.00698. The Labute approximate surface area is 157 Å². The van der Waals surface area contributed by atoms with Crippen molar-refractivity contribution in [3.63, 3.8) is 0 Å². The molecule has 1 N–H and O–H groups in total. The molecule has 2 aliphatic rings. The van der Waals surface area contributed by atoms with Crippen molar-refractivity contribution in [2.45, 2.75) is 45.1 Å². The van der Waals surface area contributed by atoms with E-state index in [1.54, 1.807) is 7.11 Å². The molecule has 1 atom stereocenters. The van der Waals surface area contributed by atoms with Crippen molar-refractivity contribution >= 4 is 27.7 Å². The van der Waals surface area contributed by atoms with Crippen LogP contribution in [0.1, 0.15) is 44.1 Å². The molecule has 0 radical (unpaired) electrons. The van der Waals surface area contributed by atoms with Crippen LogP contribution in [0.25, 0.3) is 0 Å². The van der Waals surface area contributed by atoms with Gasteiger partial charge in [0, 0.05) is 16.5 Å². The number of nitrogens with zero attached hydrogens (tertiary/aromatic N) is 1. The fourth-order valence-corrected chi connectivity index (χ4v) is 4.58. The molecule has 1 aromatic carbocycles. The summed E-state index contributed by atoms with van der Waals surface area (Å²) >= 11 is 3.49. The predicted octanol–water partition coefficient (Wildman–Crippen LogP) is 2.14. The van der Waals surface area contributed by atoms with Gasteiger partial charge in [0.1, 0.15) is 12.3 Å². The van der Waals surface area contributed by atoms with Crippen molar-refractivity contribution in [1.29, 1.82) is 0 Å². The second-order valence-electron chi connectivity index (χ2n) is 7.39. The van der Waals surface area contributed by atoms with E-state index in [0.29, 0.717) is 19.6 Å². The Morgan fingerprint density at radius 2 is 1.96 bits per heavy atom. The van der Waals surface area contributed by atoms with Gasteiger partial charge < -0.3 is 9.64 Å². The topological polar surface area (TPSA) is 51.1 Å². The van der Waals surface area contributed by atoms with E-state index in [1.165, 1.54) is 11.3 Å². The largest absolute Gasteiger partial charge is 0.496 e. The number of carbonyl (C=O) groups is 2. The molecule has 1 spiro atoms. The van der Waals surface area contributed by atoms with E-state index in [2.05, 4.69) is 15.9 Å². The molecule has 0 bridgehead atoms. The van der Waals surface area contributed by atoms with Crippen LogP contribution in [0, 0.1) is 5.41 Å². The standard InChI is InChI=1S/C19H25BrN2O3/c1-21(12-14-10-15(20)6-7-16(14)25-2)13-22-17(23)11-19(18(22)24)8-4-3-5-9-19/h6-7,10H,3-5,8-9,11-13H2,1-2H3/p+1. The van der Waals surface area contributed by atoms with Crippen LogP contribution < -0.4 is 9.64 Å². The molecule has 1 aliphatic carbocycles. The van der Waals surface area contributed by atoms with E-state index >= 15 is 0 Å². The van der Waals surface area contributed by atoms with E-state index in [9.17, 15) is 9.59 Å². The molecule has 1 aliphatic heterocycles. The lowest BCUT2D eigenvalue weighted by Crippen LogP contribution is -3.09. The first-order valence-corrected chi connectivity index (χ1v) is 9.73. The van der Waals surface area contributed by atoms with Crippen LogP contribution in [0.4, 0.5) is 0 Å². The van der Waals surface area contributed by atoms with Crippen LogP contribution in [-0.2, 0) is 16.1 Å². The van der Waals surface area contributed by atoms with Crippen molar-refractivity contribution in [2.24, 2.45) is 5.41 Å². The first-order valence-electron chi connectivity index (χ1n) is 8.94. The summed E-state index contributed by atoms with van der Waals surface area (Å²) in [6, 6.07) is 5.90. The summed E-state index contributed by atoms with van der Waals surface area (Å²) in [5.41, 5.74) is 0.657. The minimum atomic E-state index is -0.400. The summed E-state index contributed by atoms with van der Waals surface area (Å²) < 4.78 is 6.41. The first-order chi connectivity index (χ1) is 11.9. The minimum Gasteiger partial charge on any atom is -0.496 e. The molecule has 136 valence electrons. The van der Waals surface area contributed by atoms with E-state index in [0.717, 1.165) is 46.4 Å². The van der Waals surface area contributed by atoms with Crippen LogP contribution in [0.5, 0.6) is 5.75 Å². The maximum absolute atomic E-state index is 12.9. The normalized spacial score (nSPS) is 21.0. The molecule has 5 nitrogen and oxygen atoms in total. The second kappa shape index (κ2) is 7.46. The van der Waals surface area contributed by atoms with Gasteiger partial charge in [0.05, 0.1) is 19.6 Å². The third-order valence-electron chi connectivity index (χ3n) is 5.46. The Kier molecular flexibility index (Phi) is 5.49. The average molecular weight is 410 g/mol. The third kappa shape index (κ3) is 3.75. The highest BCUT2D eigenvalue weighted by Gasteiger charge is 2.52. The molecule has 6 heteroatoms. The summed E-state index contributed by atoms with van der Waals surface area (Å²) in [5, 5.41) is 0. The molecular formula is C19H26BrN2O3+. The van der Waals surface area contributed by atoms with Crippen molar-refractivity contribution in [1.82, 2.24) is 4.90 Å². The smallest absolute Gasteiger partial charge is 0.240 e. The Morgan fingerprint density at radius 3 is 2.64 bits per heavy atom. The number of ether oxygens (including phenoxy) is 1. The fraction of sp³-hybridized carbons (Fsp3) is 0.579. The molecule has 3 rings (SSSR count). The number of amides is 2. The number of benzene rings is 1. The Morgan fingerprint density at radius 1 is 1.24 bits per heavy atom. The number of nitrogens with one attached hydrogen (secondary N) is 1. The number of carbonyl (C=O) groups excluding carboxylic acids is 2. The monoisotopic (exact) mass is 409 g/mol. The Balaban J connectivity index is 1.69. The van der Waals surface area contributed by atoms with Gasteiger partial charge in [-0.3, -0.25) is 9.59 Å². The zero-order chi connectivity index (χ0) is 18.0. The summed E-state index contributed by atoms with van der Waals surface area (Å²) in [6.07, 6.45) is 5.44. The fourth-order valence-electron chi connectivity index (χ4n) is 4.18. The van der Waals surface area contributed by atoms with Gasteiger partial charge in [-0.2, -0.15) is 0 Å².